The quantitative estimate of drug-likeness (QED) is 0.812. The van der Waals surface area contributed by atoms with Gasteiger partial charge in [-0.1, -0.05) is 0 Å². The first-order valence-electron chi connectivity index (χ1n) is 6.25. The van der Waals surface area contributed by atoms with E-state index in [1.54, 1.807) is 26.2 Å². The monoisotopic (exact) mass is 329 g/mol. The van der Waals surface area contributed by atoms with Crippen molar-refractivity contribution in [1.29, 1.82) is 0 Å². The van der Waals surface area contributed by atoms with Gasteiger partial charge < -0.3 is 14.8 Å². The second-order valence-electron chi connectivity index (χ2n) is 4.29. The topological polar surface area (TPSA) is 47.6 Å². The number of esters is 1. The van der Waals surface area contributed by atoms with E-state index < -0.39 is 0 Å². The zero-order valence-corrected chi connectivity index (χ0v) is 13.3. The molecule has 0 saturated heterocycles. The summed E-state index contributed by atoms with van der Waals surface area (Å²) in [5, 5.41) is 3.33. The smallest absolute Gasteiger partial charge is 0.338 e. The van der Waals surface area contributed by atoms with Gasteiger partial charge in [-0.3, -0.25) is 0 Å². The molecule has 4 nitrogen and oxygen atoms in total. The number of ether oxygens (including phenoxy) is 2. The Balaban J connectivity index is 2.80. The molecule has 2 unspecified atom stereocenters. The summed E-state index contributed by atoms with van der Waals surface area (Å²) in [6.07, 6.45) is 0.0941. The van der Waals surface area contributed by atoms with Gasteiger partial charge in [-0.15, -0.1) is 0 Å². The summed E-state index contributed by atoms with van der Waals surface area (Å²) in [6.45, 7) is 6.20. The Kier molecular flexibility index (Phi) is 6.31. The van der Waals surface area contributed by atoms with Crippen LogP contribution in [0.3, 0.4) is 0 Å². The van der Waals surface area contributed by atoms with Crippen molar-refractivity contribution in [3.8, 4) is 0 Å². The fourth-order valence-electron chi connectivity index (χ4n) is 1.54. The Hall–Kier alpha value is -1.07. The molecule has 0 spiro atoms. The molecule has 2 atom stereocenters. The molecule has 1 N–H and O–H groups in total. The Morgan fingerprint density at radius 3 is 2.63 bits per heavy atom. The van der Waals surface area contributed by atoms with E-state index in [2.05, 4.69) is 21.2 Å². The fourth-order valence-corrected chi connectivity index (χ4v) is 2.03. The third-order valence-electron chi connectivity index (χ3n) is 2.94. The summed E-state index contributed by atoms with van der Waals surface area (Å²) in [4.78, 5) is 11.6. The molecule has 0 aromatic heterocycles. The lowest BCUT2D eigenvalue weighted by atomic mass is 10.1. The molecule has 0 aliphatic heterocycles. The molecule has 5 heteroatoms. The molecule has 0 saturated carbocycles. The fraction of sp³-hybridized carbons (Fsp3) is 0.500. The normalized spacial score (nSPS) is 13.7. The van der Waals surface area contributed by atoms with E-state index in [0.29, 0.717) is 12.2 Å². The van der Waals surface area contributed by atoms with Gasteiger partial charge in [0.15, 0.2) is 0 Å². The molecule has 0 heterocycles. The average Bonchev–Trinajstić information content (AvgIpc) is 2.40. The van der Waals surface area contributed by atoms with Gasteiger partial charge in [0.25, 0.3) is 0 Å². The number of halogens is 1. The lowest BCUT2D eigenvalue weighted by Gasteiger charge is -2.22. The Morgan fingerprint density at radius 2 is 2.11 bits per heavy atom. The molecule has 0 aliphatic carbocycles. The van der Waals surface area contributed by atoms with Gasteiger partial charge in [0.2, 0.25) is 0 Å². The van der Waals surface area contributed by atoms with Crippen LogP contribution in [0.1, 0.15) is 31.1 Å². The van der Waals surface area contributed by atoms with Gasteiger partial charge in [-0.25, -0.2) is 4.79 Å². The van der Waals surface area contributed by atoms with E-state index >= 15 is 0 Å². The van der Waals surface area contributed by atoms with E-state index in [1.165, 1.54) is 0 Å². The molecule has 106 valence electrons. The van der Waals surface area contributed by atoms with E-state index in [-0.39, 0.29) is 18.1 Å². The summed E-state index contributed by atoms with van der Waals surface area (Å²) in [6, 6.07) is 5.52. The van der Waals surface area contributed by atoms with Crippen LogP contribution in [0.25, 0.3) is 0 Å². The maximum absolute atomic E-state index is 11.6. The van der Waals surface area contributed by atoms with Gasteiger partial charge in [-0.05, 0) is 54.9 Å². The highest BCUT2D eigenvalue weighted by atomic mass is 79.9. The molecule has 0 amide bonds. The maximum atomic E-state index is 11.6. The van der Waals surface area contributed by atoms with Crippen molar-refractivity contribution in [2.24, 2.45) is 0 Å². The second kappa shape index (κ2) is 7.50. The summed E-state index contributed by atoms with van der Waals surface area (Å²) >= 11 is 3.45. The van der Waals surface area contributed by atoms with Gasteiger partial charge >= 0.3 is 5.97 Å². The molecule has 19 heavy (non-hydrogen) atoms. The van der Waals surface area contributed by atoms with Gasteiger partial charge in [-0.2, -0.15) is 0 Å². The Bertz CT molecular complexity index is 437. The van der Waals surface area contributed by atoms with Crippen LogP contribution in [-0.4, -0.2) is 31.8 Å². The van der Waals surface area contributed by atoms with Crippen molar-refractivity contribution in [3.05, 3.63) is 28.2 Å². The standard InChI is InChI=1S/C14H20BrNO3/c1-5-19-14(17)11-6-7-13(12(15)8-11)16-9(2)10(3)18-4/h6-10,16H,5H2,1-4H3. The van der Waals surface area contributed by atoms with Crippen LogP contribution in [0.15, 0.2) is 22.7 Å². The van der Waals surface area contributed by atoms with E-state index in [9.17, 15) is 4.79 Å². The van der Waals surface area contributed by atoms with Crippen LogP contribution >= 0.6 is 15.9 Å². The number of carbonyl (C=O) groups is 1. The molecular formula is C14H20BrNO3. The molecule has 0 fully saturated rings. The average molecular weight is 330 g/mol. The summed E-state index contributed by atoms with van der Waals surface area (Å²) in [7, 11) is 1.68. The van der Waals surface area contributed by atoms with Crippen molar-refractivity contribution >= 4 is 27.6 Å². The molecule has 0 aliphatic rings. The molecule has 1 rings (SSSR count). The van der Waals surface area contributed by atoms with Crippen molar-refractivity contribution in [3.63, 3.8) is 0 Å². The van der Waals surface area contributed by atoms with Crippen LogP contribution in [0, 0.1) is 0 Å². The second-order valence-corrected chi connectivity index (χ2v) is 5.14. The number of hydrogen-bond acceptors (Lipinski definition) is 4. The summed E-state index contributed by atoms with van der Waals surface area (Å²) in [5.74, 6) is -0.312. The van der Waals surface area contributed by atoms with Crippen molar-refractivity contribution in [2.75, 3.05) is 19.0 Å². The first kappa shape index (κ1) is 16.0. The number of carbonyl (C=O) groups excluding carboxylic acids is 1. The first-order chi connectivity index (χ1) is 8.99. The third kappa shape index (κ3) is 4.51. The van der Waals surface area contributed by atoms with Crippen molar-refractivity contribution in [1.82, 2.24) is 0 Å². The minimum Gasteiger partial charge on any atom is -0.462 e. The Morgan fingerprint density at radius 1 is 1.42 bits per heavy atom. The lowest BCUT2D eigenvalue weighted by molar-refractivity contribution is 0.0526. The maximum Gasteiger partial charge on any atom is 0.338 e. The first-order valence-corrected chi connectivity index (χ1v) is 7.04. The van der Waals surface area contributed by atoms with E-state index in [1.807, 2.05) is 19.9 Å². The summed E-state index contributed by atoms with van der Waals surface area (Å²) < 4.78 is 11.1. The SMILES string of the molecule is CCOC(=O)c1ccc(NC(C)C(C)OC)c(Br)c1. The van der Waals surface area contributed by atoms with E-state index in [0.717, 1.165) is 10.2 Å². The number of anilines is 1. The number of benzene rings is 1. The molecule has 0 bridgehead atoms. The van der Waals surface area contributed by atoms with E-state index in [4.69, 9.17) is 9.47 Å². The van der Waals surface area contributed by atoms with Gasteiger partial charge in [0.1, 0.15) is 0 Å². The van der Waals surface area contributed by atoms with Crippen LogP contribution in [-0.2, 0) is 9.47 Å². The Labute approximate surface area is 122 Å². The zero-order valence-electron chi connectivity index (χ0n) is 11.7. The number of hydrogen-bond donors (Lipinski definition) is 1. The highest BCUT2D eigenvalue weighted by Gasteiger charge is 2.14. The van der Waals surface area contributed by atoms with Crippen LogP contribution < -0.4 is 5.32 Å². The minimum absolute atomic E-state index is 0.0941. The van der Waals surface area contributed by atoms with Crippen LogP contribution in [0.2, 0.25) is 0 Å². The number of methoxy groups -OCH3 is 1. The predicted molar refractivity (Wildman–Crippen MR) is 79.7 cm³/mol. The highest BCUT2D eigenvalue weighted by molar-refractivity contribution is 9.10. The minimum atomic E-state index is -0.312. The van der Waals surface area contributed by atoms with Crippen molar-refractivity contribution in [2.45, 2.75) is 32.9 Å². The molecular weight excluding hydrogens is 310 g/mol. The number of rotatable bonds is 6. The van der Waals surface area contributed by atoms with Gasteiger partial charge in [0, 0.05) is 23.3 Å². The lowest BCUT2D eigenvalue weighted by Crippen LogP contribution is -2.29. The molecule has 1 aromatic rings. The molecule has 0 radical (unpaired) electrons. The largest absolute Gasteiger partial charge is 0.462 e. The van der Waals surface area contributed by atoms with Crippen molar-refractivity contribution < 1.29 is 14.3 Å². The number of nitrogens with one attached hydrogen (secondary N) is 1. The van der Waals surface area contributed by atoms with Crippen LogP contribution in [0.4, 0.5) is 5.69 Å². The van der Waals surface area contributed by atoms with Gasteiger partial charge in [0.05, 0.1) is 18.3 Å². The predicted octanol–water partition coefficient (Wildman–Crippen LogP) is 3.46. The zero-order chi connectivity index (χ0) is 14.4. The molecule has 1 aromatic carbocycles. The van der Waals surface area contributed by atoms with Crippen LogP contribution in [0.5, 0.6) is 0 Å². The highest BCUT2D eigenvalue weighted by Crippen LogP contribution is 2.25. The third-order valence-corrected chi connectivity index (χ3v) is 3.60. The summed E-state index contributed by atoms with van der Waals surface area (Å²) in [5.41, 5.74) is 1.45.